The Kier molecular flexibility index (Phi) is 4.62. The van der Waals surface area contributed by atoms with E-state index >= 15 is 0 Å². The number of rotatable bonds is 5. The van der Waals surface area contributed by atoms with Crippen LogP contribution in [0.1, 0.15) is 53.3 Å². The summed E-state index contributed by atoms with van der Waals surface area (Å²) in [6.07, 6.45) is 3.83. The van der Waals surface area contributed by atoms with Gasteiger partial charge in [-0.1, -0.05) is 13.3 Å². The number of nitro groups is 1. The van der Waals surface area contributed by atoms with Gasteiger partial charge in [0.15, 0.2) is 0 Å². The van der Waals surface area contributed by atoms with E-state index in [2.05, 4.69) is 11.8 Å². The minimum absolute atomic E-state index is 0.116. The van der Waals surface area contributed by atoms with Crippen molar-refractivity contribution in [3.8, 4) is 0 Å². The quantitative estimate of drug-likeness (QED) is 0.470. The summed E-state index contributed by atoms with van der Waals surface area (Å²) in [4.78, 5) is 39.2. The van der Waals surface area contributed by atoms with Gasteiger partial charge in [-0.05, 0) is 31.9 Å². The second-order valence-electron chi connectivity index (χ2n) is 6.39. The van der Waals surface area contributed by atoms with E-state index in [1.54, 1.807) is 0 Å². The predicted molar refractivity (Wildman–Crippen MR) is 88.0 cm³/mol. The van der Waals surface area contributed by atoms with Crippen molar-refractivity contribution in [3.63, 3.8) is 0 Å². The highest BCUT2D eigenvalue weighted by molar-refractivity contribution is 6.21. The zero-order valence-corrected chi connectivity index (χ0v) is 13.7. The van der Waals surface area contributed by atoms with E-state index in [4.69, 9.17) is 0 Å². The molecule has 7 nitrogen and oxygen atoms in total. The number of non-ortho nitro benzene ring substituents is 1. The summed E-state index contributed by atoms with van der Waals surface area (Å²) in [7, 11) is 0. The Morgan fingerprint density at radius 2 is 1.83 bits per heavy atom. The van der Waals surface area contributed by atoms with Crippen molar-refractivity contribution in [2.24, 2.45) is 0 Å². The van der Waals surface area contributed by atoms with Crippen molar-refractivity contribution in [2.45, 2.75) is 38.6 Å². The van der Waals surface area contributed by atoms with Crippen LogP contribution in [0.2, 0.25) is 0 Å². The van der Waals surface area contributed by atoms with Gasteiger partial charge in [0.1, 0.15) is 0 Å². The number of likely N-dealkylation sites (tertiary alicyclic amines) is 1. The van der Waals surface area contributed by atoms with Crippen LogP contribution in [0.15, 0.2) is 18.2 Å². The number of carbonyl (C=O) groups excluding carboxylic acids is 2. The molecule has 2 aliphatic rings. The molecular weight excluding hydrogens is 310 g/mol. The molecule has 0 radical (unpaired) electrons. The molecule has 24 heavy (non-hydrogen) atoms. The van der Waals surface area contributed by atoms with Crippen molar-refractivity contribution in [1.29, 1.82) is 0 Å². The Balaban J connectivity index is 1.73. The van der Waals surface area contributed by atoms with E-state index in [0.29, 0.717) is 0 Å². The van der Waals surface area contributed by atoms with Gasteiger partial charge in [0, 0.05) is 31.3 Å². The van der Waals surface area contributed by atoms with E-state index in [1.165, 1.54) is 23.1 Å². The molecule has 0 aliphatic carbocycles. The van der Waals surface area contributed by atoms with E-state index in [-0.39, 0.29) is 28.8 Å². The molecule has 2 heterocycles. The van der Waals surface area contributed by atoms with E-state index in [1.807, 2.05) is 0 Å². The van der Waals surface area contributed by atoms with Gasteiger partial charge in [-0.25, -0.2) is 0 Å². The number of nitrogens with zero attached hydrogens (tertiary/aromatic N) is 3. The number of benzene rings is 1. The minimum atomic E-state index is -0.549. The van der Waals surface area contributed by atoms with Gasteiger partial charge < -0.3 is 4.90 Å². The largest absolute Gasteiger partial charge is 0.303 e. The SMILES string of the molecule is CCCCN1CCC(N2C(=O)c3ccc([N+](=O)[O-])cc3C2=O)CC1. The van der Waals surface area contributed by atoms with Gasteiger partial charge in [0.2, 0.25) is 0 Å². The van der Waals surface area contributed by atoms with Gasteiger partial charge in [-0.3, -0.25) is 24.6 Å². The molecule has 2 aliphatic heterocycles. The zero-order chi connectivity index (χ0) is 17.3. The summed E-state index contributed by atoms with van der Waals surface area (Å²) < 4.78 is 0. The van der Waals surface area contributed by atoms with Crippen molar-refractivity contribution in [1.82, 2.24) is 9.80 Å². The Morgan fingerprint density at radius 1 is 1.17 bits per heavy atom. The molecule has 7 heteroatoms. The Hall–Kier alpha value is -2.28. The summed E-state index contributed by atoms with van der Waals surface area (Å²) >= 11 is 0. The number of hydrogen-bond acceptors (Lipinski definition) is 5. The van der Waals surface area contributed by atoms with Crippen LogP contribution in [-0.4, -0.2) is 52.2 Å². The van der Waals surface area contributed by atoms with Crippen LogP contribution in [-0.2, 0) is 0 Å². The topological polar surface area (TPSA) is 83.8 Å². The van der Waals surface area contributed by atoms with Crippen LogP contribution >= 0.6 is 0 Å². The smallest absolute Gasteiger partial charge is 0.270 e. The van der Waals surface area contributed by atoms with Crippen LogP contribution in [0, 0.1) is 10.1 Å². The molecule has 128 valence electrons. The molecule has 2 amide bonds. The second kappa shape index (κ2) is 6.68. The third kappa shape index (κ3) is 2.91. The maximum Gasteiger partial charge on any atom is 0.270 e. The highest BCUT2D eigenvalue weighted by Gasteiger charge is 2.41. The molecule has 1 fully saturated rings. The van der Waals surface area contributed by atoms with Crippen LogP contribution in [0.5, 0.6) is 0 Å². The third-order valence-electron chi connectivity index (χ3n) is 4.86. The highest BCUT2D eigenvalue weighted by Crippen LogP contribution is 2.30. The number of carbonyl (C=O) groups is 2. The van der Waals surface area contributed by atoms with Gasteiger partial charge in [-0.2, -0.15) is 0 Å². The highest BCUT2D eigenvalue weighted by atomic mass is 16.6. The Bertz CT molecular complexity index is 680. The lowest BCUT2D eigenvalue weighted by Gasteiger charge is -2.35. The fraction of sp³-hybridized carbons (Fsp3) is 0.529. The number of piperidine rings is 1. The lowest BCUT2D eigenvalue weighted by atomic mass is 10.0. The zero-order valence-electron chi connectivity index (χ0n) is 13.7. The van der Waals surface area contributed by atoms with Crippen LogP contribution in [0.25, 0.3) is 0 Å². The number of hydrogen-bond donors (Lipinski definition) is 0. The van der Waals surface area contributed by atoms with Gasteiger partial charge >= 0.3 is 0 Å². The molecule has 0 N–H and O–H groups in total. The lowest BCUT2D eigenvalue weighted by Crippen LogP contribution is -2.47. The van der Waals surface area contributed by atoms with Crippen LogP contribution in [0.4, 0.5) is 5.69 Å². The van der Waals surface area contributed by atoms with E-state index in [9.17, 15) is 19.7 Å². The maximum atomic E-state index is 12.6. The molecule has 0 bridgehead atoms. The standard InChI is InChI=1S/C17H21N3O4/c1-2-3-8-18-9-6-12(7-10-18)19-16(21)14-5-4-13(20(23)24)11-15(14)17(19)22/h4-5,11-12H,2-3,6-10H2,1H3. The predicted octanol–water partition coefficient (Wildman–Crippen LogP) is 2.46. The van der Waals surface area contributed by atoms with Crippen molar-refractivity contribution < 1.29 is 14.5 Å². The van der Waals surface area contributed by atoms with Crippen molar-refractivity contribution in [3.05, 3.63) is 39.4 Å². The monoisotopic (exact) mass is 331 g/mol. The minimum Gasteiger partial charge on any atom is -0.303 e. The van der Waals surface area contributed by atoms with Crippen LogP contribution < -0.4 is 0 Å². The molecule has 3 rings (SSSR count). The van der Waals surface area contributed by atoms with Gasteiger partial charge in [0.25, 0.3) is 17.5 Å². The summed E-state index contributed by atoms with van der Waals surface area (Å²) in [5, 5.41) is 10.9. The summed E-state index contributed by atoms with van der Waals surface area (Å²) in [5.74, 6) is -0.720. The molecule has 0 unspecified atom stereocenters. The van der Waals surface area contributed by atoms with E-state index < -0.39 is 10.8 Å². The van der Waals surface area contributed by atoms with E-state index in [0.717, 1.165) is 45.3 Å². The number of imide groups is 1. The fourth-order valence-electron chi connectivity index (χ4n) is 3.48. The Labute approximate surface area is 140 Å². The molecule has 1 saturated heterocycles. The lowest BCUT2D eigenvalue weighted by molar-refractivity contribution is -0.384. The molecule has 1 aromatic carbocycles. The van der Waals surface area contributed by atoms with Crippen LogP contribution in [0.3, 0.4) is 0 Å². The molecule has 1 aromatic rings. The third-order valence-corrected chi connectivity index (χ3v) is 4.86. The average molecular weight is 331 g/mol. The fourth-order valence-corrected chi connectivity index (χ4v) is 3.48. The van der Waals surface area contributed by atoms with Crippen molar-refractivity contribution in [2.75, 3.05) is 19.6 Å². The number of unbranched alkanes of at least 4 members (excludes halogenated alkanes) is 1. The Morgan fingerprint density at radius 3 is 2.46 bits per heavy atom. The number of nitro benzene ring substituents is 1. The first-order chi connectivity index (χ1) is 11.5. The van der Waals surface area contributed by atoms with Gasteiger partial charge in [-0.15, -0.1) is 0 Å². The second-order valence-corrected chi connectivity index (χ2v) is 6.39. The summed E-state index contributed by atoms with van der Waals surface area (Å²) in [5.41, 5.74) is 0.271. The first kappa shape index (κ1) is 16.6. The normalized spacial score (nSPS) is 19.0. The molecular formula is C17H21N3O4. The summed E-state index contributed by atoms with van der Waals surface area (Å²) in [6.45, 7) is 4.96. The molecule has 0 saturated carbocycles. The molecule has 0 aromatic heterocycles. The first-order valence-electron chi connectivity index (χ1n) is 8.41. The first-order valence-corrected chi connectivity index (χ1v) is 8.41. The maximum absolute atomic E-state index is 12.6. The van der Waals surface area contributed by atoms with Gasteiger partial charge in [0.05, 0.1) is 16.1 Å². The van der Waals surface area contributed by atoms with Crippen molar-refractivity contribution >= 4 is 17.5 Å². The number of fused-ring (bicyclic) bond motifs is 1. The number of amides is 2. The molecule has 0 atom stereocenters. The average Bonchev–Trinajstić information content (AvgIpc) is 2.84. The summed E-state index contributed by atoms with van der Waals surface area (Å²) in [6, 6.07) is 3.77. The molecule has 0 spiro atoms.